The van der Waals surface area contributed by atoms with Crippen molar-refractivity contribution in [2.24, 2.45) is 0 Å². The lowest BCUT2D eigenvalue weighted by Crippen LogP contribution is -2.41. The molecule has 0 saturated heterocycles. The van der Waals surface area contributed by atoms with E-state index in [1.54, 1.807) is 0 Å². The molecule has 1 aromatic rings. The summed E-state index contributed by atoms with van der Waals surface area (Å²) in [6.45, 7) is 2.71. The second-order valence-corrected chi connectivity index (χ2v) is 4.83. The fraction of sp³-hybridized carbons (Fsp3) is 0.467. The van der Waals surface area contributed by atoms with Crippen LogP contribution in [0.1, 0.15) is 17.5 Å². The van der Waals surface area contributed by atoms with Crippen molar-refractivity contribution in [2.75, 3.05) is 20.2 Å². The summed E-state index contributed by atoms with van der Waals surface area (Å²) in [6.07, 6.45) is 0.0860. The Morgan fingerprint density at radius 2 is 2.10 bits per heavy atom. The first-order chi connectivity index (χ1) is 10.0. The maximum Gasteiger partial charge on any atom is 0.314 e. The molecule has 3 N–H and O–H groups in total. The molecule has 1 atom stereocenters. The molecular weight excluding hydrogens is 272 g/mol. The van der Waals surface area contributed by atoms with Gasteiger partial charge in [0.05, 0.1) is 12.5 Å². The Morgan fingerprint density at radius 1 is 1.33 bits per heavy atom. The fourth-order valence-electron chi connectivity index (χ4n) is 1.89. The van der Waals surface area contributed by atoms with Crippen molar-refractivity contribution in [3.63, 3.8) is 0 Å². The van der Waals surface area contributed by atoms with Crippen LogP contribution in [0.15, 0.2) is 24.3 Å². The van der Waals surface area contributed by atoms with Crippen molar-refractivity contribution < 1.29 is 19.4 Å². The summed E-state index contributed by atoms with van der Waals surface area (Å²) in [6, 6.07) is 7.78. The molecule has 0 aliphatic rings. The summed E-state index contributed by atoms with van der Waals surface area (Å²) in [5, 5.41) is 14.0. The Morgan fingerprint density at radius 3 is 2.71 bits per heavy atom. The Kier molecular flexibility index (Phi) is 7.25. The van der Waals surface area contributed by atoms with E-state index in [1.807, 2.05) is 25.1 Å². The highest BCUT2D eigenvalue weighted by molar-refractivity contribution is 5.74. The summed E-state index contributed by atoms with van der Waals surface area (Å²) >= 11 is 0. The van der Waals surface area contributed by atoms with Gasteiger partial charge < -0.3 is 20.5 Å². The van der Waals surface area contributed by atoms with E-state index in [-0.39, 0.29) is 19.0 Å². The molecule has 1 rings (SSSR count). The Bertz CT molecular complexity index is 476. The number of methoxy groups -OCH3 is 1. The van der Waals surface area contributed by atoms with E-state index in [0.717, 1.165) is 12.0 Å². The van der Waals surface area contributed by atoms with E-state index in [9.17, 15) is 9.59 Å². The van der Waals surface area contributed by atoms with Gasteiger partial charge in [0.1, 0.15) is 0 Å². The van der Waals surface area contributed by atoms with E-state index in [0.29, 0.717) is 6.54 Å². The number of aryl methyl sites for hydroxylation is 1. The third-order valence-electron chi connectivity index (χ3n) is 3.01. The zero-order valence-electron chi connectivity index (χ0n) is 12.4. The molecular formula is C15H22N2O4. The van der Waals surface area contributed by atoms with Gasteiger partial charge in [0.25, 0.3) is 0 Å². The van der Waals surface area contributed by atoms with Crippen LogP contribution >= 0.6 is 0 Å². The number of aliphatic carboxylic acids is 1. The number of benzene rings is 1. The number of hydrogen-bond acceptors (Lipinski definition) is 3. The predicted molar refractivity (Wildman–Crippen MR) is 79.3 cm³/mol. The van der Waals surface area contributed by atoms with E-state index in [1.165, 1.54) is 12.7 Å². The van der Waals surface area contributed by atoms with Crippen molar-refractivity contribution in [2.45, 2.75) is 25.9 Å². The largest absolute Gasteiger partial charge is 0.481 e. The average molecular weight is 294 g/mol. The van der Waals surface area contributed by atoms with Crippen LogP contribution in [0.4, 0.5) is 4.79 Å². The van der Waals surface area contributed by atoms with E-state index in [2.05, 4.69) is 16.7 Å². The topological polar surface area (TPSA) is 87.7 Å². The lowest BCUT2D eigenvalue weighted by molar-refractivity contribution is -0.139. The van der Waals surface area contributed by atoms with Crippen molar-refractivity contribution in [3.05, 3.63) is 35.4 Å². The SMILES string of the molecule is COC(CNC(=O)NCCc1cccc(C)c1)CC(=O)O. The summed E-state index contributed by atoms with van der Waals surface area (Å²) < 4.78 is 4.98. The summed E-state index contributed by atoms with van der Waals surface area (Å²) in [5.74, 6) is -0.955. The van der Waals surface area contributed by atoms with Crippen LogP contribution in [-0.4, -0.2) is 43.4 Å². The minimum Gasteiger partial charge on any atom is -0.481 e. The molecule has 0 aromatic heterocycles. The lowest BCUT2D eigenvalue weighted by Gasteiger charge is -2.14. The summed E-state index contributed by atoms with van der Waals surface area (Å²) in [7, 11) is 1.42. The van der Waals surface area contributed by atoms with Gasteiger partial charge >= 0.3 is 12.0 Å². The number of ether oxygens (including phenoxy) is 1. The second-order valence-electron chi connectivity index (χ2n) is 4.83. The zero-order chi connectivity index (χ0) is 15.7. The maximum absolute atomic E-state index is 11.6. The fourth-order valence-corrected chi connectivity index (χ4v) is 1.89. The summed E-state index contributed by atoms with van der Waals surface area (Å²) in [5.41, 5.74) is 2.35. The molecule has 21 heavy (non-hydrogen) atoms. The highest BCUT2D eigenvalue weighted by Gasteiger charge is 2.13. The third-order valence-corrected chi connectivity index (χ3v) is 3.01. The molecule has 0 fully saturated rings. The minimum absolute atomic E-state index is 0.139. The zero-order valence-corrected chi connectivity index (χ0v) is 12.4. The van der Waals surface area contributed by atoms with Crippen LogP contribution in [0, 0.1) is 6.92 Å². The van der Waals surface area contributed by atoms with Crippen LogP contribution in [0.2, 0.25) is 0 Å². The van der Waals surface area contributed by atoms with Crippen LogP contribution in [0.25, 0.3) is 0 Å². The quantitative estimate of drug-likeness (QED) is 0.675. The van der Waals surface area contributed by atoms with Crippen molar-refractivity contribution >= 4 is 12.0 Å². The first-order valence-electron chi connectivity index (χ1n) is 6.83. The number of urea groups is 1. The molecule has 2 amide bonds. The highest BCUT2D eigenvalue weighted by atomic mass is 16.5. The summed E-state index contributed by atoms with van der Waals surface area (Å²) in [4.78, 5) is 22.1. The van der Waals surface area contributed by atoms with Crippen LogP contribution in [-0.2, 0) is 16.0 Å². The molecule has 116 valence electrons. The smallest absolute Gasteiger partial charge is 0.314 e. The monoisotopic (exact) mass is 294 g/mol. The maximum atomic E-state index is 11.6. The van der Waals surface area contributed by atoms with E-state index in [4.69, 9.17) is 9.84 Å². The standard InChI is InChI=1S/C15H22N2O4/c1-11-4-3-5-12(8-11)6-7-16-15(20)17-10-13(21-2)9-14(18)19/h3-5,8,13H,6-7,9-10H2,1-2H3,(H,18,19)(H2,16,17,20). The Hall–Kier alpha value is -2.08. The van der Waals surface area contributed by atoms with E-state index < -0.39 is 12.1 Å². The Balaban J connectivity index is 2.23. The number of carboxylic acids is 1. The molecule has 0 spiro atoms. The molecule has 0 bridgehead atoms. The van der Waals surface area contributed by atoms with Gasteiger partial charge in [-0.2, -0.15) is 0 Å². The first kappa shape index (κ1) is 17.0. The third kappa shape index (κ3) is 7.31. The second kappa shape index (κ2) is 8.97. The van der Waals surface area contributed by atoms with Gasteiger partial charge in [0, 0.05) is 20.2 Å². The minimum atomic E-state index is -0.955. The highest BCUT2D eigenvalue weighted by Crippen LogP contribution is 2.03. The van der Waals surface area contributed by atoms with Crippen molar-refractivity contribution in [1.82, 2.24) is 10.6 Å². The predicted octanol–water partition coefficient (Wildman–Crippen LogP) is 1.33. The molecule has 6 nitrogen and oxygen atoms in total. The van der Waals surface area contributed by atoms with Gasteiger partial charge in [0.2, 0.25) is 0 Å². The van der Waals surface area contributed by atoms with Crippen molar-refractivity contribution in [3.8, 4) is 0 Å². The van der Waals surface area contributed by atoms with Crippen LogP contribution in [0.3, 0.4) is 0 Å². The average Bonchev–Trinajstić information content (AvgIpc) is 2.43. The number of rotatable bonds is 8. The first-order valence-corrected chi connectivity index (χ1v) is 6.83. The molecule has 1 aromatic carbocycles. The normalized spacial score (nSPS) is 11.7. The molecule has 1 unspecified atom stereocenters. The van der Waals surface area contributed by atoms with Crippen LogP contribution < -0.4 is 10.6 Å². The van der Waals surface area contributed by atoms with Gasteiger partial charge in [-0.1, -0.05) is 29.8 Å². The van der Waals surface area contributed by atoms with Gasteiger partial charge in [0.15, 0.2) is 0 Å². The number of nitrogens with one attached hydrogen (secondary N) is 2. The number of hydrogen-bond donors (Lipinski definition) is 3. The van der Waals surface area contributed by atoms with Gasteiger partial charge in [-0.15, -0.1) is 0 Å². The van der Waals surface area contributed by atoms with Crippen LogP contribution in [0.5, 0.6) is 0 Å². The van der Waals surface area contributed by atoms with Gasteiger partial charge in [-0.25, -0.2) is 4.79 Å². The molecule has 0 heterocycles. The molecule has 6 heteroatoms. The van der Waals surface area contributed by atoms with Gasteiger partial charge in [-0.3, -0.25) is 4.79 Å². The molecule has 0 saturated carbocycles. The van der Waals surface area contributed by atoms with Gasteiger partial charge in [-0.05, 0) is 18.9 Å². The number of amides is 2. The van der Waals surface area contributed by atoms with E-state index >= 15 is 0 Å². The molecule has 0 aliphatic carbocycles. The lowest BCUT2D eigenvalue weighted by atomic mass is 10.1. The Labute approximate surface area is 124 Å². The number of carboxylic acid groups (broad SMARTS) is 1. The number of carbonyl (C=O) groups is 2. The molecule has 0 aliphatic heterocycles. The number of carbonyl (C=O) groups excluding carboxylic acids is 1. The van der Waals surface area contributed by atoms with Crippen molar-refractivity contribution in [1.29, 1.82) is 0 Å². The molecule has 0 radical (unpaired) electrons.